The first-order valence-electron chi connectivity index (χ1n) is 11.3. The van der Waals surface area contributed by atoms with Crippen LogP contribution in [0.25, 0.3) is 0 Å². The van der Waals surface area contributed by atoms with Crippen LogP contribution in [-0.2, 0) is 10.2 Å². The van der Waals surface area contributed by atoms with Gasteiger partial charge in [-0.25, -0.2) is 0 Å². The number of amides is 1. The number of hydrogen-bond acceptors (Lipinski definition) is 2. The molecule has 0 spiro atoms. The number of piperidine rings is 1. The Morgan fingerprint density at radius 1 is 1.07 bits per heavy atom. The number of benzene rings is 1. The summed E-state index contributed by atoms with van der Waals surface area (Å²) in [6, 6.07) is 9.01. The maximum Gasteiger partial charge on any atom is 0.228 e. The molecule has 0 aromatic heterocycles. The normalized spacial score (nSPS) is 20.8. The standard InChI is InChI=1S/C25H40N2O/c1-24(2,3)21-11-13-22(14-12-21)27-17-15-25(4,16-18-27)23(28)26(5)19-20-9-7-6-8-10-20/h11-14,20H,6-10,15-19H2,1-5H3. The molecule has 1 aromatic rings. The summed E-state index contributed by atoms with van der Waals surface area (Å²) in [6.45, 7) is 11.8. The molecule has 1 aromatic carbocycles. The van der Waals surface area contributed by atoms with Gasteiger partial charge in [0.1, 0.15) is 0 Å². The van der Waals surface area contributed by atoms with Crippen LogP contribution in [0.1, 0.15) is 78.2 Å². The largest absolute Gasteiger partial charge is 0.371 e. The summed E-state index contributed by atoms with van der Waals surface area (Å²) in [7, 11) is 2.03. The van der Waals surface area contributed by atoms with Gasteiger partial charge in [0.2, 0.25) is 5.91 Å². The molecule has 2 fully saturated rings. The fraction of sp³-hybridized carbons (Fsp3) is 0.720. The van der Waals surface area contributed by atoms with Crippen LogP contribution in [0.15, 0.2) is 24.3 Å². The van der Waals surface area contributed by atoms with Crippen molar-refractivity contribution >= 4 is 11.6 Å². The van der Waals surface area contributed by atoms with Crippen molar-refractivity contribution in [2.45, 2.75) is 78.1 Å². The van der Waals surface area contributed by atoms with Gasteiger partial charge in [-0.15, -0.1) is 0 Å². The highest BCUT2D eigenvalue weighted by atomic mass is 16.2. The van der Waals surface area contributed by atoms with Crippen LogP contribution < -0.4 is 4.90 Å². The van der Waals surface area contributed by atoms with Gasteiger partial charge < -0.3 is 9.80 Å². The maximum atomic E-state index is 13.2. The van der Waals surface area contributed by atoms with Gasteiger partial charge >= 0.3 is 0 Å². The third kappa shape index (κ3) is 4.90. The lowest BCUT2D eigenvalue weighted by molar-refractivity contribution is -0.141. The van der Waals surface area contributed by atoms with Gasteiger partial charge in [0.15, 0.2) is 0 Å². The van der Waals surface area contributed by atoms with Crippen molar-refractivity contribution in [3.63, 3.8) is 0 Å². The Bertz CT molecular complexity index is 644. The predicted molar refractivity (Wildman–Crippen MR) is 119 cm³/mol. The third-order valence-corrected chi connectivity index (χ3v) is 7.09. The first-order chi connectivity index (χ1) is 13.2. The van der Waals surface area contributed by atoms with Crippen molar-refractivity contribution < 1.29 is 4.79 Å². The zero-order valence-electron chi connectivity index (χ0n) is 18.8. The molecule has 156 valence electrons. The quantitative estimate of drug-likeness (QED) is 0.672. The van der Waals surface area contributed by atoms with Crippen LogP contribution >= 0.6 is 0 Å². The molecule has 0 unspecified atom stereocenters. The molecule has 1 heterocycles. The van der Waals surface area contributed by atoms with Gasteiger partial charge in [-0.1, -0.05) is 59.1 Å². The Labute approximate surface area is 172 Å². The van der Waals surface area contributed by atoms with Crippen LogP contribution in [0.4, 0.5) is 5.69 Å². The minimum Gasteiger partial charge on any atom is -0.371 e. The first kappa shape index (κ1) is 21.2. The van der Waals surface area contributed by atoms with Gasteiger partial charge in [-0.2, -0.15) is 0 Å². The molecule has 28 heavy (non-hydrogen) atoms. The molecule has 1 amide bonds. The lowest BCUT2D eigenvalue weighted by Gasteiger charge is -2.42. The average Bonchev–Trinajstić information content (AvgIpc) is 2.68. The molecule has 3 nitrogen and oxygen atoms in total. The summed E-state index contributed by atoms with van der Waals surface area (Å²) in [4.78, 5) is 17.7. The monoisotopic (exact) mass is 384 g/mol. The SMILES string of the molecule is CN(CC1CCCCC1)C(=O)C1(C)CCN(c2ccc(C(C)(C)C)cc2)CC1. The van der Waals surface area contributed by atoms with Gasteiger partial charge in [-0.05, 0) is 54.7 Å². The van der Waals surface area contributed by atoms with E-state index in [1.165, 1.54) is 43.4 Å². The molecular formula is C25H40N2O. The summed E-state index contributed by atoms with van der Waals surface area (Å²) in [6.07, 6.45) is 8.54. The molecule has 2 aliphatic rings. The van der Waals surface area contributed by atoms with E-state index in [0.717, 1.165) is 32.5 Å². The second-order valence-corrected chi connectivity index (χ2v) is 10.5. The van der Waals surface area contributed by atoms with Crippen LogP contribution in [0.3, 0.4) is 0 Å². The highest BCUT2D eigenvalue weighted by molar-refractivity contribution is 5.82. The Kier molecular flexibility index (Phi) is 6.41. The fourth-order valence-corrected chi connectivity index (χ4v) is 4.95. The predicted octanol–water partition coefficient (Wildman–Crippen LogP) is 5.63. The Hall–Kier alpha value is -1.51. The van der Waals surface area contributed by atoms with E-state index in [9.17, 15) is 4.79 Å². The van der Waals surface area contributed by atoms with Gasteiger partial charge in [0.05, 0.1) is 0 Å². The van der Waals surface area contributed by atoms with E-state index in [0.29, 0.717) is 11.8 Å². The van der Waals surface area contributed by atoms with Crippen LogP contribution in [0.5, 0.6) is 0 Å². The van der Waals surface area contributed by atoms with Crippen LogP contribution in [-0.4, -0.2) is 37.5 Å². The molecule has 1 saturated heterocycles. The molecule has 3 heteroatoms. The lowest BCUT2D eigenvalue weighted by Crippen LogP contribution is -2.48. The third-order valence-electron chi connectivity index (χ3n) is 7.09. The molecule has 0 bridgehead atoms. The Morgan fingerprint density at radius 3 is 2.18 bits per heavy atom. The first-order valence-corrected chi connectivity index (χ1v) is 11.3. The fourth-order valence-electron chi connectivity index (χ4n) is 4.95. The summed E-state index contributed by atoms with van der Waals surface area (Å²) in [5.41, 5.74) is 2.65. The summed E-state index contributed by atoms with van der Waals surface area (Å²) >= 11 is 0. The lowest BCUT2D eigenvalue weighted by atomic mass is 9.78. The van der Waals surface area contributed by atoms with E-state index in [2.05, 4.69) is 56.9 Å². The van der Waals surface area contributed by atoms with E-state index in [-0.39, 0.29) is 10.8 Å². The van der Waals surface area contributed by atoms with Crippen molar-refractivity contribution in [1.29, 1.82) is 0 Å². The van der Waals surface area contributed by atoms with Gasteiger partial charge in [-0.3, -0.25) is 4.79 Å². The number of carbonyl (C=O) groups excluding carboxylic acids is 1. The van der Waals surface area contributed by atoms with E-state index >= 15 is 0 Å². The van der Waals surface area contributed by atoms with E-state index in [1.807, 2.05) is 11.9 Å². The summed E-state index contributed by atoms with van der Waals surface area (Å²) < 4.78 is 0. The number of nitrogens with zero attached hydrogens (tertiary/aromatic N) is 2. The second kappa shape index (κ2) is 8.47. The number of rotatable bonds is 4. The molecule has 1 saturated carbocycles. The zero-order chi connectivity index (χ0) is 20.4. The highest BCUT2D eigenvalue weighted by Crippen LogP contribution is 2.36. The second-order valence-electron chi connectivity index (χ2n) is 10.5. The molecule has 0 N–H and O–H groups in total. The minimum atomic E-state index is -0.203. The smallest absolute Gasteiger partial charge is 0.228 e. The van der Waals surface area contributed by atoms with Crippen molar-refractivity contribution in [2.24, 2.45) is 11.3 Å². The molecule has 1 aliphatic heterocycles. The topological polar surface area (TPSA) is 23.6 Å². The number of carbonyl (C=O) groups is 1. The van der Waals surface area contributed by atoms with Crippen LogP contribution in [0, 0.1) is 11.3 Å². The zero-order valence-corrected chi connectivity index (χ0v) is 18.8. The van der Waals surface area contributed by atoms with E-state index in [1.54, 1.807) is 0 Å². The van der Waals surface area contributed by atoms with E-state index < -0.39 is 0 Å². The van der Waals surface area contributed by atoms with Crippen molar-refractivity contribution in [1.82, 2.24) is 4.90 Å². The van der Waals surface area contributed by atoms with E-state index in [4.69, 9.17) is 0 Å². The Balaban J connectivity index is 1.56. The molecule has 1 aliphatic carbocycles. The molecule has 3 rings (SSSR count). The number of hydrogen-bond donors (Lipinski definition) is 0. The van der Waals surface area contributed by atoms with Crippen LogP contribution in [0.2, 0.25) is 0 Å². The van der Waals surface area contributed by atoms with Gasteiger partial charge in [0, 0.05) is 37.8 Å². The van der Waals surface area contributed by atoms with Crippen molar-refractivity contribution in [2.75, 3.05) is 31.6 Å². The highest BCUT2D eigenvalue weighted by Gasteiger charge is 2.39. The minimum absolute atomic E-state index is 0.189. The molecule has 0 radical (unpaired) electrons. The van der Waals surface area contributed by atoms with Gasteiger partial charge in [0.25, 0.3) is 0 Å². The maximum absolute atomic E-state index is 13.2. The summed E-state index contributed by atoms with van der Waals surface area (Å²) in [5, 5.41) is 0. The molecule has 0 atom stereocenters. The van der Waals surface area contributed by atoms with Crippen molar-refractivity contribution in [3.8, 4) is 0 Å². The Morgan fingerprint density at radius 2 is 1.64 bits per heavy atom. The summed E-state index contributed by atoms with van der Waals surface area (Å²) in [5.74, 6) is 1.08. The average molecular weight is 385 g/mol. The van der Waals surface area contributed by atoms with Crippen molar-refractivity contribution in [3.05, 3.63) is 29.8 Å². The number of anilines is 1. The molecular weight excluding hydrogens is 344 g/mol.